The molecule has 14 heavy (non-hydrogen) atoms. The normalized spacial score (nSPS) is 21.4. The van der Waals surface area contributed by atoms with Crippen molar-refractivity contribution in [2.24, 2.45) is 11.3 Å². The lowest BCUT2D eigenvalue weighted by Gasteiger charge is -2.36. The van der Waals surface area contributed by atoms with Gasteiger partial charge in [0.05, 0.1) is 0 Å². The van der Waals surface area contributed by atoms with Gasteiger partial charge in [0.25, 0.3) is 0 Å². The number of piperidine rings is 1. The number of hydrogen-bond donors (Lipinski definition) is 0. The second-order valence-electron chi connectivity index (χ2n) is 5.65. The van der Waals surface area contributed by atoms with E-state index >= 15 is 0 Å². The number of nitrogens with zero attached hydrogens (tertiary/aromatic N) is 1. The van der Waals surface area contributed by atoms with Gasteiger partial charge in [-0.15, -0.1) is 0 Å². The van der Waals surface area contributed by atoms with Crippen LogP contribution >= 0.6 is 0 Å². The summed E-state index contributed by atoms with van der Waals surface area (Å²) in [5, 5.41) is 0. The van der Waals surface area contributed by atoms with Crippen molar-refractivity contribution in [3.8, 4) is 0 Å². The van der Waals surface area contributed by atoms with Crippen LogP contribution in [0.5, 0.6) is 0 Å². The van der Waals surface area contributed by atoms with Crippen LogP contribution in [0.25, 0.3) is 0 Å². The van der Waals surface area contributed by atoms with Crippen LogP contribution < -0.4 is 0 Å². The molecule has 0 aromatic heterocycles. The van der Waals surface area contributed by atoms with Gasteiger partial charge in [-0.3, -0.25) is 0 Å². The Kier molecular flexibility index (Phi) is 4.43. The predicted molar refractivity (Wildman–Crippen MR) is 63.5 cm³/mol. The lowest BCUT2D eigenvalue weighted by molar-refractivity contribution is 0.124. The third-order valence-corrected chi connectivity index (χ3v) is 3.89. The maximum Gasteiger partial charge on any atom is 0.00326 e. The van der Waals surface area contributed by atoms with Gasteiger partial charge in [0.1, 0.15) is 0 Å². The van der Waals surface area contributed by atoms with Gasteiger partial charge >= 0.3 is 0 Å². The second kappa shape index (κ2) is 5.16. The van der Waals surface area contributed by atoms with Gasteiger partial charge in [-0.2, -0.15) is 0 Å². The zero-order valence-corrected chi connectivity index (χ0v) is 10.5. The third-order valence-electron chi connectivity index (χ3n) is 3.89. The van der Waals surface area contributed by atoms with Gasteiger partial charge < -0.3 is 4.90 Å². The van der Waals surface area contributed by atoms with E-state index < -0.39 is 0 Å². The highest BCUT2D eigenvalue weighted by Gasteiger charge is 2.23. The molecule has 0 amide bonds. The highest BCUT2D eigenvalue weighted by atomic mass is 15.1. The van der Waals surface area contributed by atoms with Crippen LogP contribution in [-0.2, 0) is 0 Å². The summed E-state index contributed by atoms with van der Waals surface area (Å²) in [6, 6.07) is 0. The topological polar surface area (TPSA) is 3.24 Å². The standard InChI is InChI=1S/C13H27N/c1-5-12-7-9-14(10-8-12)11-13(3,4)6-2/h12H,5-11H2,1-4H3. The van der Waals surface area contributed by atoms with E-state index in [2.05, 4.69) is 32.6 Å². The Morgan fingerprint density at radius 3 is 2.14 bits per heavy atom. The summed E-state index contributed by atoms with van der Waals surface area (Å²) in [6.45, 7) is 13.4. The Morgan fingerprint density at radius 1 is 1.14 bits per heavy atom. The lowest BCUT2D eigenvalue weighted by atomic mass is 9.87. The van der Waals surface area contributed by atoms with E-state index in [0.717, 1.165) is 5.92 Å². The summed E-state index contributed by atoms with van der Waals surface area (Å²) in [4.78, 5) is 2.66. The molecule has 1 aliphatic rings. The van der Waals surface area contributed by atoms with Crippen LogP contribution in [0.1, 0.15) is 53.4 Å². The summed E-state index contributed by atoms with van der Waals surface area (Å²) < 4.78 is 0. The summed E-state index contributed by atoms with van der Waals surface area (Å²) in [7, 11) is 0. The molecular weight excluding hydrogens is 170 g/mol. The summed E-state index contributed by atoms with van der Waals surface area (Å²) in [6.07, 6.45) is 5.53. The minimum atomic E-state index is 0.513. The molecule has 0 aromatic rings. The minimum absolute atomic E-state index is 0.513. The van der Waals surface area contributed by atoms with Crippen LogP contribution in [0.4, 0.5) is 0 Å². The first kappa shape index (κ1) is 12.0. The van der Waals surface area contributed by atoms with Crippen molar-refractivity contribution in [1.82, 2.24) is 4.90 Å². The summed E-state index contributed by atoms with van der Waals surface area (Å²) in [5.41, 5.74) is 0.513. The molecule has 1 saturated heterocycles. The zero-order chi connectivity index (χ0) is 10.6. The van der Waals surface area contributed by atoms with Crippen molar-refractivity contribution >= 4 is 0 Å². The molecule has 0 aliphatic carbocycles. The number of rotatable bonds is 4. The third kappa shape index (κ3) is 3.61. The van der Waals surface area contributed by atoms with E-state index in [1.165, 1.54) is 45.3 Å². The molecule has 0 aromatic carbocycles. The van der Waals surface area contributed by atoms with Gasteiger partial charge in [-0.1, -0.05) is 34.1 Å². The average molecular weight is 197 g/mol. The first-order valence-corrected chi connectivity index (χ1v) is 6.29. The number of hydrogen-bond acceptors (Lipinski definition) is 1. The SMILES string of the molecule is CCC1CCN(CC(C)(C)CC)CC1. The van der Waals surface area contributed by atoms with Gasteiger partial charge in [0, 0.05) is 6.54 Å². The van der Waals surface area contributed by atoms with Crippen molar-refractivity contribution in [2.75, 3.05) is 19.6 Å². The zero-order valence-electron chi connectivity index (χ0n) is 10.5. The Morgan fingerprint density at radius 2 is 1.71 bits per heavy atom. The van der Waals surface area contributed by atoms with E-state index in [1.807, 2.05) is 0 Å². The first-order valence-electron chi connectivity index (χ1n) is 6.29. The van der Waals surface area contributed by atoms with Crippen LogP contribution in [0.3, 0.4) is 0 Å². The Labute approximate surface area is 89.9 Å². The smallest absolute Gasteiger partial charge is 0.00326 e. The van der Waals surface area contributed by atoms with E-state index in [1.54, 1.807) is 0 Å². The Bertz CT molecular complexity index is 155. The summed E-state index contributed by atoms with van der Waals surface area (Å²) >= 11 is 0. The van der Waals surface area contributed by atoms with E-state index in [-0.39, 0.29) is 0 Å². The van der Waals surface area contributed by atoms with E-state index in [9.17, 15) is 0 Å². The fraction of sp³-hybridized carbons (Fsp3) is 1.00. The van der Waals surface area contributed by atoms with Crippen LogP contribution in [-0.4, -0.2) is 24.5 Å². The summed E-state index contributed by atoms with van der Waals surface area (Å²) in [5.74, 6) is 1.01. The molecule has 1 rings (SSSR count). The minimum Gasteiger partial charge on any atom is -0.303 e. The Hall–Kier alpha value is -0.0400. The van der Waals surface area contributed by atoms with Crippen molar-refractivity contribution in [3.63, 3.8) is 0 Å². The van der Waals surface area contributed by atoms with Gasteiger partial charge in [0.2, 0.25) is 0 Å². The van der Waals surface area contributed by atoms with Crippen molar-refractivity contribution < 1.29 is 0 Å². The molecule has 1 heteroatoms. The first-order chi connectivity index (χ1) is 6.57. The maximum absolute atomic E-state index is 2.66. The molecule has 0 N–H and O–H groups in total. The van der Waals surface area contributed by atoms with Gasteiger partial charge in [0.15, 0.2) is 0 Å². The molecule has 0 radical (unpaired) electrons. The van der Waals surface area contributed by atoms with Gasteiger partial charge in [-0.25, -0.2) is 0 Å². The van der Waals surface area contributed by atoms with Crippen molar-refractivity contribution in [2.45, 2.75) is 53.4 Å². The quantitative estimate of drug-likeness (QED) is 0.666. The molecule has 1 heterocycles. The molecule has 1 nitrogen and oxygen atoms in total. The van der Waals surface area contributed by atoms with Crippen molar-refractivity contribution in [3.05, 3.63) is 0 Å². The van der Waals surface area contributed by atoms with Gasteiger partial charge in [-0.05, 0) is 43.7 Å². The fourth-order valence-corrected chi connectivity index (χ4v) is 2.27. The Balaban J connectivity index is 2.28. The maximum atomic E-state index is 2.66. The molecule has 0 spiro atoms. The molecule has 0 atom stereocenters. The molecule has 84 valence electrons. The largest absolute Gasteiger partial charge is 0.303 e. The molecular formula is C13H27N. The van der Waals surface area contributed by atoms with Crippen LogP contribution in [0.2, 0.25) is 0 Å². The lowest BCUT2D eigenvalue weighted by Crippen LogP contribution is -2.39. The molecule has 0 bridgehead atoms. The second-order valence-corrected chi connectivity index (χ2v) is 5.65. The van der Waals surface area contributed by atoms with E-state index in [0.29, 0.717) is 5.41 Å². The van der Waals surface area contributed by atoms with Crippen LogP contribution in [0, 0.1) is 11.3 Å². The highest BCUT2D eigenvalue weighted by molar-refractivity contribution is 4.77. The highest BCUT2D eigenvalue weighted by Crippen LogP contribution is 2.25. The number of likely N-dealkylation sites (tertiary alicyclic amines) is 1. The monoisotopic (exact) mass is 197 g/mol. The molecule has 0 unspecified atom stereocenters. The molecule has 0 saturated carbocycles. The predicted octanol–water partition coefficient (Wildman–Crippen LogP) is 3.54. The van der Waals surface area contributed by atoms with E-state index in [4.69, 9.17) is 0 Å². The molecule has 1 aliphatic heterocycles. The fourth-order valence-electron chi connectivity index (χ4n) is 2.27. The van der Waals surface area contributed by atoms with Crippen LogP contribution in [0.15, 0.2) is 0 Å². The van der Waals surface area contributed by atoms with Crippen molar-refractivity contribution in [1.29, 1.82) is 0 Å². The molecule has 1 fully saturated rings. The average Bonchev–Trinajstić information content (AvgIpc) is 2.19.